The van der Waals surface area contributed by atoms with E-state index in [9.17, 15) is 4.79 Å². The SMILES string of the molecule is COC(=O)[C@@H]1C[C@H]1c1ccccc1OC. The number of carbonyl (C=O) groups excluding carboxylic acids is 1. The van der Waals surface area contributed by atoms with Gasteiger partial charge in [-0.2, -0.15) is 0 Å². The first-order chi connectivity index (χ1) is 7.27. The van der Waals surface area contributed by atoms with E-state index in [1.807, 2.05) is 24.3 Å². The highest BCUT2D eigenvalue weighted by atomic mass is 16.5. The van der Waals surface area contributed by atoms with Crippen LogP contribution in [0.15, 0.2) is 24.3 Å². The molecular weight excluding hydrogens is 192 g/mol. The van der Waals surface area contributed by atoms with E-state index >= 15 is 0 Å². The third-order valence-electron chi connectivity index (χ3n) is 2.83. The number of rotatable bonds is 3. The number of hydrogen-bond donors (Lipinski definition) is 0. The lowest BCUT2D eigenvalue weighted by Gasteiger charge is -2.06. The van der Waals surface area contributed by atoms with Crippen LogP contribution in [0.5, 0.6) is 5.75 Å². The number of esters is 1. The minimum Gasteiger partial charge on any atom is -0.496 e. The largest absolute Gasteiger partial charge is 0.496 e. The first-order valence-corrected chi connectivity index (χ1v) is 4.98. The summed E-state index contributed by atoms with van der Waals surface area (Å²) in [5.41, 5.74) is 1.11. The van der Waals surface area contributed by atoms with E-state index in [2.05, 4.69) is 0 Å². The Bertz CT molecular complexity index is 373. The second kappa shape index (κ2) is 3.93. The molecule has 0 radical (unpaired) electrons. The van der Waals surface area contributed by atoms with Crippen LogP contribution in [0.2, 0.25) is 0 Å². The summed E-state index contributed by atoms with van der Waals surface area (Å²) in [5.74, 6) is 1.03. The summed E-state index contributed by atoms with van der Waals surface area (Å²) < 4.78 is 9.98. The molecule has 0 heterocycles. The predicted octanol–water partition coefficient (Wildman–Crippen LogP) is 1.97. The molecule has 3 nitrogen and oxygen atoms in total. The van der Waals surface area contributed by atoms with Crippen molar-refractivity contribution in [1.29, 1.82) is 0 Å². The fourth-order valence-corrected chi connectivity index (χ4v) is 1.92. The molecule has 2 rings (SSSR count). The van der Waals surface area contributed by atoms with Crippen LogP contribution in [0.3, 0.4) is 0 Å². The van der Waals surface area contributed by atoms with E-state index in [0.717, 1.165) is 17.7 Å². The van der Waals surface area contributed by atoms with E-state index in [-0.39, 0.29) is 17.8 Å². The summed E-state index contributed by atoms with van der Waals surface area (Å²) in [6, 6.07) is 7.82. The molecule has 1 aliphatic carbocycles. The highest BCUT2D eigenvalue weighted by Crippen LogP contribution is 2.50. The van der Waals surface area contributed by atoms with Gasteiger partial charge >= 0.3 is 5.97 Å². The van der Waals surface area contributed by atoms with Crippen LogP contribution < -0.4 is 4.74 Å². The molecule has 1 aromatic carbocycles. The number of para-hydroxylation sites is 1. The molecule has 1 aromatic rings. The zero-order valence-corrected chi connectivity index (χ0v) is 8.90. The Kier molecular flexibility index (Phi) is 2.62. The van der Waals surface area contributed by atoms with Gasteiger partial charge in [0.15, 0.2) is 0 Å². The maximum absolute atomic E-state index is 11.3. The van der Waals surface area contributed by atoms with Gasteiger partial charge in [0, 0.05) is 5.92 Å². The number of hydrogen-bond acceptors (Lipinski definition) is 3. The number of carbonyl (C=O) groups is 1. The van der Waals surface area contributed by atoms with Crippen LogP contribution in [0.4, 0.5) is 0 Å². The fourth-order valence-electron chi connectivity index (χ4n) is 1.92. The molecule has 0 unspecified atom stereocenters. The second-order valence-corrected chi connectivity index (χ2v) is 3.71. The second-order valence-electron chi connectivity index (χ2n) is 3.71. The topological polar surface area (TPSA) is 35.5 Å². The van der Waals surface area contributed by atoms with Gasteiger partial charge in [0.1, 0.15) is 5.75 Å². The first-order valence-electron chi connectivity index (χ1n) is 4.98. The van der Waals surface area contributed by atoms with Gasteiger partial charge in [-0.25, -0.2) is 0 Å². The summed E-state index contributed by atoms with van der Waals surface area (Å²) in [6.07, 6.45) is 0.868. The van der Waals surface area contributed by atoms with Crippen LogP contribution in [0, 0.1) is 5.92 Å². The molecule has 0 amide bonds. The standard InChI is InChI=1S/C12H14O3/c1-14-11-6-4-3-5-8(11)9-7-10(9)12(13)15-2/h3-6,9-10H,7H2,1-2H3/t9-,10+/m0/s1. The average Bonchev–Trinajstić information content (AvgIpc) is 3.08. The van der Waals surface area contributed by atoms with Crippen molar-refractivity contribution in [2.75, 3.05) is 14.2 Å². The highest BCUT2D eigenvalue weighted by molar-refractivity contribution is 5.77. The fraction of sp³-hybridized carbons (Fsp3) is 0.417. The third-order valence-corrected chi connectivity index (χ3v) is 2.83. The smallest absolute Gasteiger partial charge is 0.309 e. The zero-order chi connectivity index (χ0) is 10.8. The number of methoxy groups -OCH3 is 2. The molecule has 0 aromatic heterocycles. The average molecular weight is 206 g/mol. The molecule has 1 fully saturated rings. The maximum atomic E-state index is 11.3. The molecule has 0 bridgehead atoms. The van der Waals surface area contributed by atoms with Crippen molar-refractivity contribution in [3.8, 4) is 5.75 Å². The Morgan fingerprint density at radius 1 is 1.33 bits per heavy atom. The van der Waals surface area contributed by atoms with Gasteiger partial charge < -0.3 is 9.47 Å². The van der Waals surface area contributed by atoms with Gasteiger partial charge in [-0.3, -0.25) is 4.79 Å². The van der Waals surface area contributed by atoms with Gasteiger partial charge in [0.25, 0.3) is 0 Å². The highest BCUT2D eigenvalue weighted by Gasteiger charge is 2.46. The van der Waals surface area contributed by atoms with E-state index in [0.29, 0.717) is 0 Å². The predicted molar refractivity (Wildman–Crippen MR) is 55.9 cm³/mol. The van der Waals surface area contributed by atoms with Crippen LogP contribution >= 0.6 is 0 Å². The monoisotopic (exact) mass is 206 g/mol. The maximum Gasteiger partial charge on any atom is 0.309 e. The van der Waals surface area contributed by atoms with Crippen molar-refractivity contribution in [2.45, 2.75) is 12.3 Å². The Labute approximate surface area is 89.0 Å². The Morgan fingerprint density at radius 3 is 2.73 bits per heavy atom. The van der Waals surface area contributed by atoms with Crippen molar-refractivity contribution in [3.63, 3.8) is 0 Å². The molecule has 1 saturated carbocycles. The van der Waals surface area contributed by atoms with E-state index in [4.69, 9.17) is 9.47 Å². The van der Waals surface area contributed by atoms with Crippen LogP contribution in [0.1, 0.15) is 17.9 Å². The van der Waals surface area contributed by atoms with Gasteiger partial charge in [-0.1, -0.05) is 18.2 Å². The van der Waals surface area contributed by atoms with Gasteiger partial charge in [0.2, 0.25) is 0 Å². The third kappa shape index (κ3) is 1.82. The minimum absolute atomic E-state index is 0.0197. The van der Waals surface area contributed by atoms with Crippen LogP contribution in [-0.2, 0) is 9.53 Å². The van der Waals surface area contributed by atoms with Crippen molar-refractivity contribution in [3.05, 3.63) is 29.8 Å². The van der Waals surface area contributed by atoms with Crippen LogP contribution in [-0.4, -0.2) is 20.2 Å². The lowest BCUT2D eigenvalue weighted by molar-refractivity contribution is -0.142. The summed E-state index contributed by atoms with van der Waals surface area (Å²) in [4.78, 5) is 11.3. The summed E-state index contributed by atoms with van der Waals surface area (Å²) in [5, 5.41) is 0. The van der Waals surface area contributed by atoms with Crippen molar-refractivity contribution < 1.29 is 14.3 Å². The molecule has 0 N–H and O–H groups in total. The zero-order valence-electron chi connectivity index (χ0n) is 8.90. The van der Waals surface area contributed by atoms with Gasteiger partial charge in [-0.15, -0.1) is 0 Å². The Morgan fingerprint density at radius 2 is 2.07 bits per heavy atom. The summed E-state index contributed by atoms with van der Waals surface area (Å²) >= 11 is 0. The quantitative estimate of drug-likeness (QED) is 0.709. The summed E-state index contributed by atoms with van der Waals surface area (Å²) in [7, 11) is 3.08. The molecular formula is C12H14O3. The normalized spacial score (nSPS) is 23.3. The molecule has 0 spiro atoms. The molecule has 0 aliphatic heterocycles. The molecule has 3 heteroatoms. The van der Waals surface area contributed by atoms with Crippen molar-refractivity contribution in [2.24, 2.45) is 5.92 Å². The van der Waals surface area contributed by atoms with E-state index in [1.165, 1.54) is 7.11 Å². The first kappa shape index (κ1) is 10.0. The number of ether oxygens (including phenoxy) is 2. The lowest BCUT2D eigenvalue weighted by Crippen LogP contribution is -2.04. The van der Waals surface area contributed by atoms with Crippen LogP contribution in [0.25, 0.3) is 0 Å². The van der Waals surface area contributed by atoms with Gasteiger partial charge in [-0.05, 0) is 18.1 Å². The minimum atomic E-state index is -0.120. The van der Waals surface area contributed by atoms with E-state index in [1.54, 1.807) is 7.11 Å². The lowest BCUT2D eigenvalue weighted by atomic mass is 10.1. The van der Waals surface area contributed by atoms with Crippen molar-refractivity contribution >= 4 is 5.97 Å². The molecule has 15 heavy (non-hydrogen) atoms. The van der Waals surface area contributed by atoms with Crippen molar-refractivity contribution in [1.82, 2.24) is 0 Å². The molecule has 0 saturated heterocycles. The van der Waals surface area contributed by atoms with E-state index < -0.39 is 0 Å². The molecule has 1 aliphatic rings. The summed E-state index contributed by atoms with van der Waals surface area (Å²) in [6.45, 7) is 0. The molecule has 80 valence electrons. The van der Waals surface area contributed by atoms with Gasteiger partial charge in [0.05, 0.1) is 20.1 Å². The Hall–Kier alpha value is -1.51. The Balaban J connectivity index is 2.16. The molecule has 2 atom stereocenters. The number of benzene rings is 1.